The minimum Gasteiger partial charge on any atom is -0.394 e. The minimum atomic E-state index is -2.29. The summed E-state index contributed by atoms with van der Waals surface area (Å²) in [5.41, 5.74) is 0. The second kappa shape index (κ2) is 28.0. The van der Waals surface area contributed by atoms with E-state index >= 15 is 0 Å². The minimum absolute atomic E-state index is 0.818. The lowest BCUT2D eigenvalue weighted by atomic mass is 9.94. The lowest BCUT2D eigenvalue weighted by molar-refractivity contribution is -0.383. The van der Waals surface area contributed by atoms with Gasteiger partial charge in [0.2, 0.25) is 17.7 Å². The fourth-order valence-corrected chi connectivity index (χ4v) is 9.16. The predicted octanol–water partition coefficient (Wildman–Crippen LogP) is -13.0. The standard InChI is InChI=1S/C42H73N3O30/c1-11-23(55)29(61)32(64)40(67-11)75-37-31(63)26(58)18(7-48)69-42(37)74-36-19(8-49)70-38(21(27(36)59)44-13(3)52)66-10-16(54)24(56)34(15(5-46)43-12(2)51)72-39-22(45-14(4)53)28(60)35(20(9-50)71-39)73-41-33(65)30(62)25(57)17(6-47)68-41/h11,15-42,46-50,54-65H,5-10H2,1-4H3,(H,43,51)(H,44,52)(H,45,53)/t11-,15-,16+,17+,18+,19+,20+,21+,22+,23+,24-,25-,26-,27+,28+,29+,30-,31-,32-,33+,34+,35+,36+,37+,38+,39-,40-,41-,42-/m0/s1. The molecule has 33 heteroatoms. The monoisotopic (exact) mass is 1100 g/mol. The van der Waals surface area contributed by atoms with Crippen molar-refractivity contribution in [2.24, 2.45) is 0 Å². The molecule has 0 aromatic rings. The Morgan fingerprint density at radius 2 is 0.907 bits per heavy atom. The third-order valence-electron chi connectivity index (χ3n) is 13.2. The molecule has 0 bridgehead atoms. The molecule has 0 aromatic carbocycles. The van der Waals surface area contributed by atoms with Crippen LogP contribution < -0.4 is 16.0 Å². The molecule has 0 aliphatic carbocycles. The number of carbonyl (C=O) groups excluding carboxylic acids is 3. The van der Waals surface area contributed by atoms with E-state index in [-0.39, 0.29) is 0 Å². The first-order chi connectivity index (χ1) is 35.3. The second-order valence-corrected chi connectivity index (χ2v) is 18.8. The first-order valence-electron chi connectivity index (χ1n) is 23.9. The number of carbonyl (C=O) groups is 3. The van der Waals surface area contributed by atoms with Gasteiger partial charge in [0.25, 0.3) is 0 Å². The van der Waals surface area contributed by atoms with E-state index in [4.69, 9.17) is 47.4 Å². The summed E-state index contributed by atoms with van der Waals surface area (Å²) < 4.78 is 57.3. The summed E-state index contributed by atoms with van der Waals surface area (Å²) in [7, 11) is 0. The Kier molecular flexibility index (Phi) is 23.5. The van der Waals surface area contributed by atoms with Crippen molar-refractivity contribution in [2.75, 3.05) is 39.6 Å². The van der Waals surface area contributed by atoms with Crippen LogP contribution >= 0.6 is 0 Å². The molecule has 5 rings (SSSR count). The van der Waals surface area contributed by atoms with E-state index in [1.165, 1.54) is 6.92 Å². The fourth-order valence-electron chi connectivity index (χ4n) is 9.16. The van der Waals surface area contributed by atoms with Crippen LogP contribution in [0.5, 0.6) is 0 Å². The number of rotatable bonds is 22. The second-order valence-electron chi connectivity index (χ2n) is 18.8. The fraction of sp³-hybridized carbons (Fsp3) is 0.929. The molecule has 0 saturated carbocycles. The number of hydrogen-bond donors (Lipinski definition) is 20. The molecular weight excluding hydrogens is 1030 g/mol. The Hall–Kier alpha value is -2.67. The first-order valence-corrected chi connectivity index (χ1v) is 23.9. The lowest BCUT2D eigenvalue weighted by Crippen LogP contribution is -2.69. The maximum absolute atomic E-state index is 12.5. The van der Waals surface area contributed by atoms with Crippen LogP contribution in [0.15, 0.2) is 0 Å². The van der Waals surface area contributed by atoms with Crippen molar-refractivity contribution in [1.82, 2.24) is 16.0 Å². The normalized spacial score (nSPS) is 44.2. The molecule has 75 heavy (non-hydrogen) atoms. The van der Waals surface area contributed by atoms with Crippen molar-refractivity contribution in [2.45, 2.75) is 205 Å². The highest BCUT2D eigenvalue weighted by atomic mass is 16.8. The van der Waals surface area contributed by atoms with Gasteiger partial charge in [-0.3, -0.25) is 14.4 Å². The predicted molar refractivity (Wildman–Crippen MR) is 235 cm³/mol. The summed E-state index contributed by atoms with van der Waals surface area (Å²) in [6.45, 7) is -1.54. The van der Waals surface area contributed by atoms with E-state index in [0.717, 1.165) is 20.8 Å². The SMILES string of the molecule is CC(=O)N[C@H]1[C@H](O[C@@H]([C@@H](O)[C@H](O)CO[C@@H]2O[C@H](CO)[C@@H](O[C@@H]3O[C@H](CO)[C@H](O)[C@H](O)[C@H]3O[C@@H]3O[C@@H](C)[C@@H](O)[C@@H](O)[C@@H]3O)[C@H](O)[C@H]2NC(C)=O)[C@H](CO)NC(C)=O)O[C@H](CO)[C@@H](O[C@@H]2O[C@H](CO)[C@H](O)[C@H](O)[C@H]2O)[C@@H]1O. The number of ether oxygens (including phenoxy) is 10. The van der Waals surface area contributed by atoms with E-state index in [1.54, 1.807) is 0 Å². The summed E-state index contributed by atoms with van der Waals surface area (Å²) >= 11 is 0. The van der Waals surface area contributed by atoms with E-state index < -0.39 is 235 Å². The maximum Gasteiger partial charge on any atom is 0.217 e. The van der Waals surface area contributed by atoms with Crippen molar-refractivity contribution in [3.05, 3.63) is 0 Å². The molecule has 5 fully saturated rings. The highest BCUT2D eigenvalue weighted by molar-refractivity contribution is 5.74. The molecule has 29 atom stereocenters. The third kappa shape index (κ3) is 14.8. The number of hydrogen-bond acceptors (Lipinski definition) is 30. The highest BCUT2D eigenvalue weighted by Gasteiger charge is 2.56. The van der Waals surface area contributed by atoms with Gasteiger partial charge in [0.1, 0.15) is 134 Å². The van der Waals surface area contributed by atoms with Crippen LogP contribution in [0, 0.1) is 0 Å². The van der Waals surface area contributed by atoms with Gasteiger partial charge < -0.3 is 150 Å². The maximum atomic E-state index is 12.5. The Morgan fingerprint density at radius 3 is 1.40 bits per heavy atom. The van der Waals surface area contributed by atoms with Gasteiger partial charge in [-0.25, -0.2) is 0 Å². The van der Waals surface area contributed by atoms with Crippen LogP contribution in [0.4, 0.5) is 0 Å². The Morgan fingerprint density at radius 1 is 0.480 bits per heavy atom. The molecule has 3 amide bonds. The summed E-state index contributed by atoms with van der Waals surface area (Å²) in [6.07, 6.45) is -48.0. The van der Waals surface area contributed by atoms with Crippen LogP contribution in [0.2, 0.25) is 0 Å². The molecule has 33 nitrogen and oxygen atoms in total. The van der Waals surface area contributed by atoms with Crippen LogP contribution in [-0.4, -0.2) is 322 Å². The summed E-state index contributed by atoms with van der Waals surface area (Å²) in [5.74, 6) is -2.49. The summed E-state index contributed by atoms with van der Waals surface area (Å²) in [4.78, 5) is 37.4. The Bertz CT molecular complexity index is 1800. The molecule has 436 valence electrons. The van der Waals surface area contributed by atoms with Gasteiger partial charge in [0.05, 0.1) is 51.8 Å². The van der Waals surface area contributed by atoms with Crippen molar-refractivity contribution < 1.29 is 149 Å². The number of aliphatic hydroxyl groups excluding tert-OH is 17. The van der Waals surface area contributed by atoms with Gasteiger partial charge in [-0.15, -0.1) is 0 Å². The third-order valence-corrected chi connectivity index (χ3v) is 13.2. The van der Waals surface area contributed by atoms with Gasteiger partial charge in [0.15, 0.2) is 31.5 Å². The number of nitrogens with one attached hydrogen (secondary N) is 3. The molecule has 0 spiro atoms. The largest absolute Gasteiger partial charge is 0.394 e. The quantitative estimate of drug-likeness (QED) is 0.0479. The molecule has 5 heterocycles. The van der Waals surface area contributed by atoms with Crippen molar-refractivity contribution >= 4 is 17.7 Å². The van der Waals surface area contributed by atoms with E-state index in [2.05, 4.69) is 16.0 Å². The van der Waals surface area contributed by atoms with E-state index in [0.29, 0.717) is 0 Å². The average Bonchev–Trinajstić information content (AvgIpc) is 3.37. The zero-order valence-electron chi connectivity index (χ0n) is 40.9. The number of amides is 3. The van der Waals surface area contributed by atoms with Crippen LogP contribution in [-0.2, 0) is 61.8 Å². The zero-order chi connectivity index (χ0) is 55.9. The van der Waals surface area contributed by atoms with Gasteiger partial charge in [-0.1, -0.05) is 0 Å². The Labute approximate surface area is 426 Å². The molecule has 5 aliphatic heterocycles. The highest BCUT2D eigenvalue weighted by Crippen LogP contribution is 2.35. The number of aliphatic hydroxyl groups is 17. The van der Waals surface area contributed by atoms with Gasteiger partial charge in [-0.2, -0.15) is 0 Å². The van der Waals surface area contributed by atoms with Crippen LogP contribution in [0.25, 0.3) is 0 Å². The van der Waals surface area contributed by atoms with Crippen molar-refractivity contribution in [1.29, 1.82) is 0 Å². The van der Waals surface area contributed by atoms with Gasteiger partial charge in [0, 0.05) is 20.8 Å². The van der Waals surface area contributed by atoms with Gasteiger partial charge in [-0.05, 0) is 6.92 Å². The van der Waals surface area contributed by atoms with Crippen LogP contribution in [0.3, 0.4) is 0 Å². The summed E-state index contributed by atoms with van der Waals surface area (Å²) in [5, 5.41) is 189. The molecular formula is C42H73N3O30. The Balaban J connectivity index is 1.36. The van der Waals surface area contributed by atoms with Gasteiger partial charge >= 0.3 is 0 Å². The molecule has 20 N–H and O–H groups in total. The van der Waals surface area contributed by atoms with Crippen molar-refractivity contribution in [3.63, 3.8) is 0 Å². The van der Waals surface area contributed by atoms with Crippen molar-refractivity contribution in [3.8, 4) is 0 Å². The molecule has 5 saturated heterocycles. The molecule has 0 unspecified atom stereocenters. The van der Waals surface area contributed by atoms with Crippen LogP contribution in [0.1, 0.15) is 27.7 Å². The first kappa shape index (κ1) is 63.2. The molecule has 0 aromatic heterocycles. The van der Waals surface area contributed by atoms with E-state index in [9.17, 15) is 101 Å². The molecule has 0 radical (unpaired) electrons. The zero-order valence-corrected chi connectivity index (χ0v) is 40.9. The lowest BCUT2D eigenvalue weighted by Gasteiger charge is -2.49. The van der Waals surface area contributed by atoms with E-state index in [1.807, 2.05) is 0 Å². The smallest absolute Gasteiger partial charge is 0.217 e. The summed E-state index contributed by atoms with van der Waals surface area (Å²) in [6, 6.07) is -5.14. The topological polar surface area (TPSA) is 524 Å². The molecule has 5 aliphatic rings. The average molecular weight is 1100 g/mol.